The lowest BCUT2D eigenvalue weighted by Crippen LogP contribution is -3.00. The van der Waals surface area contributed by atoms with Crippen LogP contribution in [-0.4, -0.2) is 28.6 Å². The van der Waals surface area contributed by atoms with E-state index in [0.717, 1.165) is 4.91 Å². The number of amides is 1. The van der Waals surface area contributed by atoms with E-state index in [2.05, 4.69) is 21.0 Å². The summed E-state index contributed by atoms with van der Waals surface area (Å²) in [5.74, 6) is -0.114. The molecule has 1 fully saturated rings. The summed E-state index contributed by atoms with van der Waals surface area (Å²) in [6.45, 7) is 4.30. The summed E-state index contributed by atoms with van der Waals surface area (Å²) in [5.41, 5.74) is 0.542. The molecule has 7 nitrogen and oxygen atoms in total. The molecule has 0 radical (unpaired) electrons. The highest BCUT2D eigenvalue weighted by atomic mass is 127. The van der Waals surface area contributed by atoms with Crippen molar-refractivity contribution in [1.29, 1.82) is 0 Å². The van der Waals surface area contributed by atoms with Gasteiger partial charge in [-0.1, -0.05) is 18.3 Å². The van der Waals surface area contributed by atoms with Gasteiger partial charge in [-0.3, -0.25) is 0 Å². The quantitative estimate of drug-likeness (QED) is 0.394. The van der Waals surface area contributed by atoms with E-state index in [1.807, 2.05) is 0 Å². The summed E-state index contributed by atoms with van der Waals surface area (Å²) in [6, 6.07) is 3.94. The molecule has 0 aliphatic carbocycles. The molecule has 142 valence electrons. The van der Waals surface area contributed by atoms with Crippen molar-refractivity contribution in [3.8, 4) is 11.5 Å². The zero-order valence-electron chi connectivity index (χ0n) is 13.9. The Morgan fingerprint density at radius 1 is 1.37 bits per heavy atom. The second-order valence-electron chi connectivity index (χ2n) is 5.69. The number of halogens is 3. The highest BCUT2D eigenvalue weighted by Crippen LogP contribution is 2.44. The Hall–Kier alpha value is -2.15. The number of amidine groups is 1. The van der Waals surface area contributed by atoms with Crippen molar-refractivity contribution in [3.05, 3.63) is 48.4 Å². The number of rotatable bonds is 1. The first-order valence-electron chi connectivity index (χ1n) is 7.50. The lowest BCUT2D eigenvalue weighted by molar-refractivity contribution is -0.670. The number of ether oxygens (including phenoxy) is 2. The zero-order chi connectivity index (χ0) is 18.5. The number of carbonyl (C=O) groups is 1. The number of thioether (sulfide) groups is 1. The molecule has 0 spiro atoms. The number of hydrogen-bond donors (Lipinski definition) is 0. The molecule has 1 aromatic carbocycles. The molecule has 2 aromatic rings. The maximum atomic E-state index is 13.2. The van der Waals surface area contributed by atoms with Gasteiger partial charge in [-0.15, -0.1) is 18.3 Å². The van der Waals surface area contributed by atoms with Crippen LogP contribution in [0.2, 0.25) is 0 Å². The van der Waals surface area contributed by atoms with Gasteiger partial charge in [0, 0.05) is 16.7 Å². The summed E-state index contributed by atoms with van der Waals surface area (Å²) in [6.07, 6.45) is 1.22. The molecule has 4 rings (SSSR count). The van der Waals surface area contributed by atoms with Crippen molar-refractivity contribution in [3.63, 3.8) is 0 Å². The molecular formula is C16H13F2IN4O3S. The fourth-order valence-corrected chi connectivity index (χ4v) is 3.41. The molecule has 0 bridgehead atoms. The van der Waals surface area contributed by atoms with Crippen molar-refractivity contribution in [2.45, 2.75) is 6.29 Å². The van der Waals surface area contributed by atoms with E-state index >= 15 is 0 Å². The summed E-state index contributed by atoms with van der Waals surface area (Å²) in [4.78, 5) is 18.9. The molecule has 0 unspecified atom stereocenters. The Balaban J connectivity index is 0.00000210. The fourth-order valence-electron chi connectivity index (χ4n) is 2.55. The number of nitrogens with zero attached hydrogens (tertiary/aromatic N) is 4. The zero-order valence-corrected chi connectivity index (χ0v) is 16.9. The Morgan fingerprint density at radius 2 is 2.11 bits per heavy atom. The van der Waals surface area contributed by atoms with Crippen molar-refractivity contribution in [2.24, 2.45) is 12.0 Å². The van der Waals surface area contributed by atoms with Gasteiger partial charge < -0.3 is 38.4 Å². The van der Waals surface area contributed by atoms with Crippen LogP contribution in [0.4, 0.5) is 19.3 Å². The van der Waals surface area contributed by atoms with Crippen LogP contribution in [0, 0.1) is 0 Å². The average Bonchev–Trinajstić information content (AvgIpc) is 3.22. The Morgan fingerprint density at radius 3 is 2.81 bits per heavy atom. The van der Waals surface area contributed by atoms with Gasteiger partial charge in [0.05, 0.1) is 13.6 Å². The summed E-state index contributed by atoms with van der Waals surface area (Å²) in [7, 11) is 1.79. The maximum Gasteiger partial charge on any atom is 0.586 e. The average molecular weight is 506 g/mol. The fraction of sp³-hybridized carbons (Fsp3) is 0.188. The first-order chi connectivity index (χ1) is 12.3. The molecule has 1 saturated heterocycles. The van der Waals surface area contributed by atoms with E-state index in [0.29, 0.717) is 17.4 Å². The minimum absolute atomic E-state index is 0. The number of imidazole rings is 1. The molecule has 11 heteroatoms. The van der Waals surface area contributed by atoms with Crippen LogP contribution in [0.3, 0.4) is 0 Å². The third kappa shape index (κ3) is 3.93. The molecular weight excluding hydrogens is 493 g/mol. The highest BCUT2D eigenvalue weighted by Gasteiger charge is 2.43. The van der Waals surface area contributed by atoms with E-state index in [1.54, 1.807) is 41.3 Å². The largest absolute Gasteiger partial charge is 1.00 e. The number of benzene rings is 1. The summed E-state index contributed by atoms with van der Waals surface area (Å²) in [5, 5.41) is 0.405. The Bertz CT molecular complexity index is 963. The summed E-state index contributed by atoms with van der Waals surface area (Å²) < 4.78 is 38.3. The van der Waals surface area contributed by atoms with Crippen LogP contribution < -0.4 is 42.9 Å². The molecule has 1 aromatic heterocycles. The topological polar surface area (TPSA) is 59.9 Å². The normalized spacial score (nSPS) is 18.7. The van der Waals surface area contributed by atoms with Crippen molar-refractivity contribution >= 4 is 28.6 Å². The number of carbonyl (C=O) groups excluding carboxylic acids is 1. The lowest BCUT2D eigenvalue weighted by Gasteiger charge is -2.17. The van der Waals surface area contributed by atoms with Gasteiger partial charge in [0.25, 0.3) is 6.33 Å². The van der Waals surface area contributed by atoms with Crippen LogP contribution in [0.25, 0.3) is 0 Å². The van der Waals surface area contributed by atoms with Crippen molar-refractivity contribution in [2.75, 3.05) is 11.4 Å². The van der Waals surface area contributed by atoms with Crippen LogP contribution in [0.5, 0.6) is 11.5 Å². The van der Waals surface area contributed by atoms with Gasteiger partial charge in [0.1, 0.15) is 12.4 Å². The first-order valence-corrected chi connectivity index (χ1v) is 8.32. The maximum absolute atomic E-state index is 13.2. The molecule has 1 amide bonds. The second kappa shape index (κ2) is 7.11. The predicted octanol–water partition coefficient (Wildman–Crippen LogP) is -0.271. The van der Waals surface area contributed by atoms with Crippen LogP contribution in [0.15, 0.2) is 53.4 Å². The minimum Gasteiger partial charge on any atom is -1.00 e. The third-order valence-electron chi connectivity index (χ3n) is 3.68. The van der Waals surface area contributed by atoms with Gasteiger partial charge in [0.15, 0.2) is 16.7 Å². The number of aryl methyl sites for hydroxylation is 1. The van der Waals surface area contributed by atoms with Crippen LogP contribution in [-0.2, 0) is 7.05 Å². The van der Waals surface area contributed by atoms with E-state index in [4.69, 9.17) is 0 Å². The number of alkyl halides is 2. The van der Waals surface area contributed by atoms with Gasteiger partial charge in [-0.25, -0.2) is 9.36 Å². The smallest absolute Gasteiger partial charge is 0.586 e. The molecule has 3 heterocycles. The molecule has 2 aliphatic rings. The monoisotopic (exact) mass is 506 g/mol. The number of aliphatic imine (C=N–C) groups is 1. The molecule has 2 aliphatic heterocycles. The Labute approximate surface area is 174 Å². The standard InChI is InChI=1S/C16H13F2N4O3S.HI/c1-10-8-22(11-3-4-12-13(7-11)25-16(17,18)24-12)15(26-10)19-14(23)21-6-5-20(2)9-21;/h3-7,9H,1,8H2,2H3;1H/q+1;/p-1. The van der Waals surface area contributed by atoms with Crippen molar-refractivity contribution < 1.29 is 51.6 Å². The van der Waals surface area contributed by atoms with Gasteiger partial charge in [-0.2, -0.15) is 0 Å². The van der Waals surface area contributed by atoms with E-state index in [1.165, 1.54) is 28.5 Å². The number of anilines is 1. The number of hydrogen-bond acceptors (Lipinski definition) is 4. The van der Waals surface area contributed by atoms with E-state index < -0.39 is 12.3 Å². The van der Waals surface area contributed by atoms with E-state index in [9.17, 15) is 13.6 Å². The van der Waals surface area contributed by atoms with Crippen LogP contribution in [0.1, 0.15) is 0 Å². The molecule has 0 saturated carbocycles. The first kappa shape index (κ1) is 19.6. The lowest BCUT2D eigenvalue weighted by atomic mass is 10.2. The molecule has 0 N–H and O–H groups in total. The van der Waals surface area contributed by atoms with Crippen molar-refractivity contribution in [1.82, 2.24) is 4.57 Å². The molecule has 0 atom stereocenters. The number of aromatic nitrogens is 2. The highest BCUT2D eigenvalue weighted by molar-refractivity contribution is 8.18. The Kier molecular flexibility index (Phi) is 5.16. The van der Waals surface area contributed by atoms with Gasteiger partial charge in [0.2, 0.25) is 0 Å². The minimum atomic E-state index is -3.68. The molecule has 27 heavy (non-hydrogen) atoms. The van der Waals surface area contributed by atoms with Gasteiger partial charge >= 0.3 is 12.3 Å². The third-order valence-corrected chi connectivity index (χ3v) is 4.59. The van der Waals surface area contributed by atoms with Crippen LogP contribution >= 0.6 is 11.8 Å². The van der Waals surface area contributed by atoms with E-state index in [-0.39, 0.29) is 35.5 Å². The SMILES string of the molecule is C=C1CN(c2ccc3c(c2)OC(F)(F)O3)C(=NC(=O)n2cc[n+](C)c2)S1.[I-]. The summed E-state index contributed by atoms with van der Waals surface area (Å²) >= 11 is 1.25. The number of fused-ring (bicyclic) bond motifs is 1. The second-order valence-corrected chi connectivity index (χ2v) is 6.84. The predicted molar refractivity (Wildman–Crippen MR) is 90.6 cm³/mol. The van der Waals surface area contributed by atoms with Gasteiger partial charge in [-0.05, 0) is 12.1 Å².